The minimum Gasteiger partial charge on any atom is -0.495 e. The van der Waals surface area contributed by atoms with Gasteiger partial charge in [0.15, 0.2) is 0 Å². The Bertz CT molecular complexity index is 1000. The maximum Gasteiger partial charge on any atom is 0.268 e. The number of nitrogens with one attached hydrogen (secondary N) is 1. The summed E-state index contributed by atoms with van der Waals surface area (Å²) in [5.74, 6) is -0.0986. The number of ether oxygens (including phenoxy) is 1. The third-order valence-electron chi connectivity index (χ3n) is 5.08. The minimum atomic E-state index is -4.04. The lowest BCUT2D eigenvalue weighted by Crippen LogP contribution is -2.43. The summed E-state index contributed by atoms with van der Waals surface area (Å²) in [5.41, 5.74) is 3.23. The number of rotatable bonds is 9. The lowest BCUT2D eigenvalue weighted by Gasteiger charge is -2.26. The third kappa shape index (κ3) is 5.53. The molecule has 6 nitrogen and oxygen atoms in total. The molecule has 0 aliphatic rings. The van der Waals surface area contributed by atoms with Gasteiger partial charge in [-0.3, -0.25) is 9.10 Å². The fourth-order valence-corrected chi connectivity index (χ4v) is 4.91. The fraction of sp³-hybridized carbons (Fsp3) is 0.435. The van der Waals surface area contributed by atoms with Crippen LogP contribution in [0.3, 0.4) is 0 Å². The van der Waals surface area contributed by atoms with Gasteiger partial charge in [-0.15, -0.1) is 0 Å². The van der Waals surface area contributed by atoms with Crippen LogP contribution in [-0.2, 0) is 14.8 Å². The molecule has 2 aromatic carbocycles. The normalized spacial score (nSPS) is 12.3. The van der Waals surface area contributed by atoms with Gasteiger partial charge < -0.3 is 10.1 Å². The van der Waals surface area contributed by atoms with E-state index in [1.807, 2.05) is 40.7 Å². The molecule has 1 N–H and O–H groups in total. The summed E-state index contributed by atoms with van der Waals surface area (Å²) in [6, 6.07) is 10.3. The van der Waals surface area contributed by atoms with Crippen LogP contribution in [0.15, 0.2) is 41.3 Å². The van der Waals surface area contributed by atoms with Gasteiger partial charge in [0.1, 0.15) is 17.2 Å². The molecule has 0 aliphatic carbocycles. The number of hydrogen-bond donors (Lipinski definition) is 1. The van der Waals surface area contributed by atoms with E-state index in [9.17, 15) is 13.2 Å². The van der Waals surface area contributed by atoms with E-state index in [2.05, 4.69) is 5.32 Å². The Morgan fingerprint density at radius 1 is 1.10 bits per heavy atom. The molecule has 0 spiro atoms. The summed E-state index contributed by atoms with van der Waals surface area (Å²) in [7, 11) is -2.61. The molecule has 0 fully saturated rings. The molecular weight excluding hydrogens is 400 g/mol. The van der Waals surface area contributed by atoms with E-state index in [-0.39, 0.29) is 29.1 Å². The standard InChI is InChI=1S/C23H32N2O4S/c1-7-8-19(5)24-23(26)15-25(20-11-10-17(3)18(4)14-20)30(27,28)22-13-16(2)9-12-21(22)29-6/h9-14,19H,7-8,15H2,1-6H3,(H,24,26)/t19-/m1/s1. The van der Waals surface area contributed by atoms with E-state index < -0.39 is 10.0 Å². The number of anilines is 1. The molecule has 0 bridgehead atoms. The van der Waals surface area contributed by atoms with Gasteiger partial charge in [-0.25, -0.2) is 8.42 Å². The largest absolute Gasteiger partial charge is 0.495 e. The predicted octanol–water partition coefficient (Wildman–Crippen LogP) is 4.12. The smallest absolute Gasteiger partial charge is 0.268 e. The average molecular weight is 433 g/mol. The van der Waals surface area contributed by atoms with Crippen LogP contribution in [0.5, 0.6) is 5.75 Å². The highest BCUT2D eigenvalue weighted by Gasteiger charge is 2.30. The van der Waals surface area contributed by atoms with Crippen molar-refractivity contribution < 1.29 is 17.9 Å². The van der Waals surface area contributed by atoms with Crippen LogP contribution in [0.2, 0.25) is 0 Å². The van der Waals surface area contributed by atoms with Crippen LogP contribution in [0.25, 0.3) is 0 Å². The molecule has 2 aromatic rings. The van der Waals surface area contributed by atoms with Gasteiger partial charge in [-0.1, -0.05) is 25.5 Å². The minimum absolute atomic E-state index is 0.0275. The lowest BCUT2D eigenvalue weighted by molar-refractivity contribution is -0.120. The molecule has 2 rings (SSSR count). The average Bonchev–Trinajstić information content (AvgIpc) is 2.68. The van der Waals surface area contributed by atoms with Crippen molar-refractivity contribution in [3.8, 4) is 5.75 Å². The summed E-state index contributed by atoms with van der Waals surface area (Å²) in [6.07, 6.45) is 1.76. The highest BCUT2D eigenvalue weighted by atomic mass is 32.2. The van der Waals surface area contributed by atoms with Crippen LogP contribution < -0.4 is 14.4 Å². The molecule has 164 valence electrons. The van der Waals surface area contributed by atoms with Gasteiger partial charge in [-0.05, 0) is 75.1 Å². The zero-order valence-electron chi connectivity index (χ0n) is 18.7. The Kier molecular flexibility index (Phi) is 7.89. The molecule has 0 heterocycles. The second kappa shape index (κ2) is 9.98. The van der Waals surface area contributed by atoms with Crippen molar-refractivity contribution in [2.45, 2.75) is 58.4 Å². The van der Waals surface area contributed by atoms with Crippen LogP contribution in [-0.4, -0.2) is 34.0 Å². The van der Waals surface area contributed by atoms with Crippen LogP contribution in [0, 0.1) is 20.8 Å². The molecule has 0 unspecified atom stereocenters. The van der Waals surface area contributed by atoms with E-state index in [0.717, 1.165) is 33.8 Å². The zero-order chi connectivity index (χ0) is 22.5. The zero-order valence-corrected chi connectivity index (χ0v) is 19.5. The van der Waals surface area contributed by atoms with Crippen molar-refractivity contribution >= 4 is 21.6 Å². The van der Waals surface area contributed by atoms with E-state index in [0.29, 0.717) is 5.69 Å². The summed E-state index contributed by atoms with van der Waals surface area (Å²) < 4.78 is 33.8. The molecule has 1 amide bonds. The molecule has 1 atom stereocenters. The van der Waals surface area contributed by atoms with Gasteiger partial charge >= 0.3 is 0 Å². The number of amides is 1. The fourth-order valence-electron chi connectivity index (χ4n) is 3.26. The molecule has 0 aromatic heterocycles. The number of benzene rings is 2. The highest BCUT2D eigenvalue weighted by molar-refractivity contribution is 7.93. The summed E-state index contributed by atoms with van der Waals surface area (Å²) in [5, 5.41) is 2.89. The first-order valence-corrected chi connectivity index (χ1v) is 11.6. The van der Waals surface area contributed by atoms with E-state index in [1.54, 1.807) is 30.3 Å². The summed E-state index contributed by atoms with van der Waals surface area (Å²) in [6.45, 7) is 9.34. The van der Waals surface area contributed by atoms with E-state index in [1.165, 1.54) is 7.11 Å². The van der Waals surface area contributed by atoms with E-state index >= 15 is 0 Å². The first-order valence-electron chi connectivity index (χ1n) is 10.1. The Labute approximate surface area is 180 Å². The second-order valence-electron chi connectivity index (χ2n) is 7.69. The van der Waals surface area contributed by atoms with Crippen LogP contribution in [0.4, 0.5) is 5.69 Å². The molecule has 0 saturated carbocycles. The van der Waals surface area contributed by atoms with Crippen molar-refractivity contribution in [1.82, 2.24) is 5.32 Å². The van der Waals surface area contributed by atoms with Gasteiger partial charge in [0.25, 0.3) is 10.0 Å². The first kappa shape index (κ1) is 23.7. The summed E-state index contributed by atoms with van der Waals surface area (Å²) in [4.78, 5) is 12.8. The Morgan fingerprint density at radius 3 is 2.40 bits per heavy atom. The highest BCUT2D eigenvalue weighted by Crippen LogP contribution is 2.31. The van der Waals surface area contributed by atoms with Crippen molar-refractivity contribution in [3.63, 3.8) is 0 Å². The number of aryl methyl sites for hydroxylation is 3. The van der Waals surface area contributed by atoms with Gasteiger partial charge in [0, 0.05) is 6.04 Å². The van der Waals surface area contributed by atoms with Gasteiger partial charge in [-0.2, -0.15) is 0 Å². The van der Waals surface area contributed by atoms with Gasteiger partial charge in [0.05, 0.1) is 12.8 Å². The number of carbonyl (C=O) groups is 1. The maximum absolute atomic E-state index is 13.7. The monoisotopic (exact) mass is 432 g/mol. The molecule has 30 heavy (non-hydrogen) atoms. The topological polar surface area (TPSA) is 75.7 Å². The van der Waals surface area contributed by atoms with Crippen LogP contribution in [0.1, 0.15) is 43.4 Å². The SMILES string of the molecule is CCC[C@@H](C)NC(=O)CN(c1ccc(C)c(C)c1)S(=O)(=O)c1cc(C)ccc1OC. The third-order valence-corrected chi connectivity index (χ3v) is 6.88. The Morgan fingerprint density at radius 2 is 1.80 bits per heavy atom. The molecular formula is C23H32N2O4S. The summed E-state index contributed by atoms with van der Waals surface area (Å²) >= 11 is 0. The lowest BCUT2D eigenvalue weighted by atomic mass is 10.1. The Hall–Kier alpha value is -2.54. The van der Waals surface area contributed by atoms with Crippen molar-refractivity contribution in [1.29, 1.82) is 0 Å². The molecule has 7 heteroatoms. The molecule has 0 aliphatic heterocycles. The number of carbonyl (C=O) groups excluding carboxylic acids is 1. The number of nitrogens with zero attached hydrogens (tertiary/aromatic N) is 1. The van der Waals surface area contributed by atoms with Crippen molar-refractivity contribution in [3.05, 3.63) is 53.1 Å². The van der Waals surface area contributed by atoms with E-state index in [4.69, 9.17) is 4.74 Å². The number of hydrogen-bond acceptors (Lipinski definition) is 4. The quantitative estimate of drug-likeness (QED) is 0.647. The number of sulfonamides is 1. The molecule has 0 radical (unpaired) electrons. The molecule has 0 saturated heterocycles. The number of methoxy groups -OCH3 is 1. The van der Waals surface area contributed by atoms with Crippen molar-refractivity contribution in [2.24, 2.45) is 0 Å². The van der Waals surface area contributed by atoms with Crippen molar-refractivity contribution in [2.75, 3.05) is 18.0 Å². The first-order chi connectivity index (χ1) is 14.1. The van der Waals surface area contributed by atoms with Gasteiger partial charge in [0.2, 0.25) is 5.91 Å². The van der Waals surface area contributed by atoms with Crippen LogP contribution >= 0.6 is 0 Å². The second-order valence-corrected chi connectivity index (χ2v) is 9.52. The predicted molar refractivity (Wildman–Crippen MR) is 121 cm³/mol. The Balaban J connectivity index is 2.53. The maximum atomic E-state index is 13.7.